The van der Waals surface area contributed by atoms with E-state index >= 15 is 0 Å². The molecule has 0 fully saturated rings. The maximum atomic E-state index is 12.3. The van der Waals surface area contributed by atoms with Gasteiger partial charge in [0.15, 0.2) is 11.0 Å². The van der Waals surface area contributed by atoms with Crippen LogP contribution in [0.4, 0.5) is 0 Å². The summed E-state index contributed by atoms with van der Waals surface area (Å²) < 4.78 is 2.09. The number of thioether (sulfide) groups is 1. The molecule has 0 unspecified atom stereocenters. The zero-order chi connectivity index (χ0) is 21.5. The normalized spacial score (nSPS) is 11.1. The van der Waals surface area contributed by atoms with Gasteiger partial charge in [-0.3, -0.25) is 14.3 Å². The maximum absolute atomic E-state index is 12.3. The fraction of sp³-hybridized carbons (Fsp3) is 0.391. The molecule has 1 amide bonds. The number of rotatable bonds is 9. The molecular formula is C23H29N5OS. The van der Waals surface area contributed by atoms with Crippen molar-refractivity contribution >= 4 is 17.7 Å². The lowest BCUT2D eigenvalue weighted by Gasteiger charge is -2.18. The number of carbonyl (C=O) groups is 1. The van der Waals surface area contributed by atoms with Crippen molar-refractivity contribution in [1.82, 2.24) is 25.1 Å². The highest BCUT2D eigenvalue weighted by Gasteiger charge is 2.21. The maximum Gasteiger partial charge on any atom is 0.230 e. The highest BCUT2D eigenvalue weighted by atomic mass is 32.2. The van der Waals surface area contributed by atoms with Crippen molar-refractivity contribution in [3.63, 3.8) is 0 Å². The van der Waals surface area contributed by atoms with Crippen LogP contribution in [-0.4, -0.2) is 38.0 Å². The van der Waals surface area contributed by atoms with Gasteiger partial charge in [-0.2, -0.15) is 0 Å². The molecule has 0 spiro atoms. The number of para-hydroxylation sites is 1. The first kappa shape index (κ1) is 22.0. The van der Waals surface area contributed by atoms with E-state index in [1.54, 1.807) is 12.4 Å². The van der Waals surface area contributed by atoms with Gasteiger partial charge in [0.05, 0.1) is 11.4 Å². The van der Waals surface area contributed by atoms with Gasteiger partial charge in [-0.15, -0.1) is 10.2 Å². The largest absolute Gasteiger partial charge is 0.355 e. The van der Waals surface area contributed by atoms with Gasteiger partial charge in [0.1, 0.15) is 0 Å². The first-order valence-electron chi connectivity index (χ1n) is 10.4. The molecule has 2 aromatic heterocycles. The van der Waals surface area contributed by atoms with Crippen LogP contribution in [0.25, 0.3) is 17.1 Å². The van der Waals surface area contributed by atoms with E-state index in [2.05, 4.69) is 71.0 Å². The minimum absolute atomic E-state index is 0.00525. The summed E-state index contributed by atoms with van der Waals surface area (Å²) in [5.74, 6) is 1.46. The minimum Gasteiger partial charge on any atom is -0.355 e. The highest BCUT2D eigenvalue weighted by Crippen LogP contribution is 2.32. The smallest absolute Gasteiger partial charge is 0.230 e. The predicted molar refractivity (Wildman–Crippen MR) is 122 cm³/mol. The zero-order valence-corrected chi connectivity index (χ0v) is 18.9. The first-order valence-corrected chi connectivity index (χ1v) is 11.4. The minimum atomic E-state index is 0.00525. The van der Waals surface area contributed by atoms with Crippen molar-refractivity contribution < 1.29 is 4.79 Å². The van der Waals surface area contributed by atoms with Crippen LogP contribution in [0.15, 0.2) is 47.9 Å². The molecule has 0 aliphatic carbocycles. The number of aryl methyl sites for hydroxylation is 2. The molecule has 0 aliphatic rings. The fourth-order valence-corrected chi connectivity index (χ4v) is 4.02. The Hall–Kier alpha value is -2.67. The molecule has 6 nitrogen and oxygen atoms in total. The third-order valence-corrected chi connectivity index (χ3v) is 5.71. The number of nitrogens with zero attached hydrogens (tertiary/aromatic N) is 4. The number of hydrogen-bond donors (Lipinski definition) is 1. The van der Waals surface area contributed by atoms with Gasteiger partial charge in [0.2, 0.25) is 5.91 Å². The lowest BCUT2D eigenvalue weighted by molar-refractivity contribution is -0.118. The molecule has 158 valence electrons. The number of aromatic nitrogens is 4. The van der Waals surface area contributed by atoms with Gasteiger partial charge in [0.25, 0.3) is 0 Å². The fourth-order valence-electron chi connectivity index (χ4n) is 3.25. The second-order valence-electron chi connectivity index (χ2n) is 7.50. The van der Waals surface area contributed by atoms with Gasteiger partial charge < -0.3 is 5.32 Å². The van der Waals surface area contributed by atoms with Crippen molar-refractivity contribution in [2.24, 2.45) is 5.92 Å². The zero-order valence-electron chi connectivity index (χ0n) is 18.1. The van der Waals surface area contributed by atoms with E-state index in [4.69, 9.17) is 0 Å². The SMILES string of the molecule is CCc1cccc(CC)c1-n1c(SCC(=O)NCC(C)C)nnc1-c1cccnc1. The van der Waals surface area contributed by atoms with E-state index in [1.807, 2.05) is 12.1 Å². The number of hydrogen-bond acceptors (Lipinski definition) is 5. The van der Waals surface area contributed by atoms with Crippen molar-refractivity contribution in [3.8, 4) is 17.1 Å². The Morgan fingerprint density at radius 2 is 1.83 bits per heavy atom. The molecule has 1 aromatic carbocycles. The van der Waals surface area contributed by atoms with Gasteiger partial charge >= 0.3 is 0 Å². The van der Waals surface area contributed by atoms with Crippen molar-refractivity contribution in [2.45, 2.75) is 45.7 Å². The number of benzene rings is 1. The second-order valence-corrected chi connectivity index (χ2v) is 8.44. The van der Waals surface area contributed by atoms with E-state index in [-0.39, 0.29) is 5.91 Å². The Kier molecular flexibility index (Phi) is 7.63. The summed E-state index contributed by atoms with van der Waals surface area (Å²) in [7, 11) is 0. The molecule has 0 saturated carbocycles. The van der Waals surface area contributed by atoms with E-state index in [0.29, 0.717) is 23.4 Å². The predicted octanol–water partition coefficient (Wildman–Crippen LogP) is 4.32. The summed E-state index contributed by atoms with van der Waals surface area (Å²) in [6.07, 6.45) is 5.33. The Morgan fingerprint density at radius 3 is 2.43 bits per heavy atom. The number of amides is 1. The van der Waals surface area contributed by atoms with Crippen molar-refractivity contribution in [3.05, 3.63) is 53.9 Å². The van der Waals surface area contributed by atoms with E-state index in [0.717, 1.165) is 29.9 Å². The monoisotopic (exact) mass is 423 g/mol. The Balaban J connectivity index is 2.04. The van der Waals surface area contributed by atoms with Crippen molar-refractivity contribution in [1.29, 1.82) is 0 Å². The number of carbonyl (C=O) groups excluding carboxylic acids is 1. The summed E-state index contributed by atoms with van der Waals surface area (Å²) in [4.78, 5) is 16.5. The molecule has 0 saturated heterocycles. The van der Waals surface area contributed by atoms with E-state index in [1.165, 1.54) is 22.9 Å². The summed E-state index contributed by atoms with van der Waals surface area (Å²) in [6, 6.07) is 10.3. The van der Waals surface area contributed by atoms with Gasteiger partial charge in [-0.05, 0) is 42.0 Å². The van der Waals surface area contributed by atoms with Crippen molar-refractivity contribution in [2.75, 3.05) is 12.3 Å². The molecule has 3 rings (SSSR count). The Morgan fingerprint density at radius 1 is 1.10 bits per heavy atom. The van der Waals surface area contributed by atoms with Gasteiger partial charge in [-0.25, -0.2) is 0 Å². The summed E-state index contributed by atoms with van der Waals surface area (Å²) in [5, 5.41) is 12.6. The standard InChI is InChI=1S/C23H29N5OS/c1-5-17-9-7-10-18(6-2)21(17)28-22(19-11-8-12-24-14-19)26-27-23(28)30-15-20(29)25-13-16(3)4/h7-12,14,16H,5-6,13,15H2,1-4H3,(H,25,29). The van der Waals surface area contributed by atoms with Crippen LogP contribution in [0, 0.1) is 5.92 Å². The molecule has 0 aliphatic heterocycles. The average Bonchev–Trinajstić information content (AvgIpc) is 3.19. The lowest BCUT2D eigenvalue weighted by atomic mass is 10.0. The van der Waals surface area contributed by atoms with Crippen LogP contribution in [0.1, 0.15) is 38.8 Å². The molecule has 2 heterocycles. The number of pyridine rings is 1. The topological polar surface area (TPSA) is 72.7 Å². The van der Waals surface area contributed by atoms with Crippen LogP contribution >= 0.6 is 11.8 Å². The average molecular weight is 424 g/mol. The quantitative estimate of drug-likeness (QED) is 0.519. The third-order valence-electron chi connectivity index (χ3n) is 4.78. The van der Waals surface area contributed by atoms with Crippen LogP contribution in [0.5, 0.6) is 0 Å². The molecular weight excluding hydrogens is 394 g/mol. The molecule has 0 bridgehead atoms. The van der Waals surface area contributed by atoms with Gasteiger partial charge in [0, 0.05) is 24.5 Å². The summed E-state index contributed by atoms with van der Waals surface area (Å²) >= 11 is 1.41. The number of nitrogens with one attached hydrogen (secondary N) is 1. The van der Waals surface area contributed by atoms with Crippen LogP contribution < -0.4 is 5.32 Å². The first-order chi connectivity index (χ1) is 14.5. The second kappa shape index (κ2) is 10.4. The Labute approximate surface area is 182 Å². The molecule has 0 radical (unpaired) electrons. The summed E-state index contributed by atoms with van der Waals surface area (Å²) in [5.41, 5.74) is 4.46. The summed E-state index contributed by atoms with van der Waals surface area (Å²) in [6.45, 7) is 9.14. The molecule has 1 N–H and O–H groups in total. The molecule has 0 atom stereocenters. The third kappa shape index (κ3) is 5.08. The van der Waals surface area contributed by atoms with Gasteiger partial charge in [-0.1, -0.05) is 57.7 Å². The highest BCUT2D eigenvalue weighted by molar-refractivity contribution is 7.99. The molecule has 3 aromatic rings. The molecule has 7 heteroatoms. The van der Waals surface area contributed by atoms with E-state index < -0.39 is 0 Å². The van der Waals surface area contributed by atoms with E-state index in [9.17, 15) is 4.79 Å². The lowest BCUT2D eigenvalue weighted by Crippen LogP contribution is -2.28. The Bertz CT molecular complexity index is 962. The van der Waals surface area contributed by atoms with Crippen LogP contribution in [0.3, 0.4) is 0 Å². The molecule has 30 heavy (non-hydrogen) atoms. The van der Waals surface area contributed by atoms with Crippen LogP contribution in [-0.2, 0) is 17.6 Å². The van der Waals surface area contributed by atoms with Crippen LogP contribution in [0.2, 0.25) is 0 Å².